The fourth-order valence-electron chi connectivity index (χ4n) is 13.8. The third kappa shape index (κ3) is 7.46. The minimum absolute atomic E-state index is 0.607. The molecule has 0 atom stereocenters. The first kappa shape index (κ1) is 48.0. The first-order chi connectivity index (χ1) is 42.6. The summed E-state index contributed by atoms with van der Waals surface area (Å²) in [6.07, 6.45) is 0. The molecule has 0 unspecified atom stereocenters. The molecule has 0 radical (unpaired) electrons. The molecule has 0 saturated carbocycles. The van der Waals surface area contributed by atoms with E-state index in [4.69, 9.17) is 9.97 Å². The Morgan fingerprint density at radius 1 is 0.186 bits per heavy atom. The zero-order valence-electron chi connectivity index (χ0n) is 46.6. The summed E-state index contributed by atoms with van der Waals surface area (Å²) in [4.78, 5) is 11.1. The highest BCUT2D eigenvalue weighted by atomic mass is 15.2. The van der Waals surface area contributed by atoms with Crippen molar-refractivity contribution < 1.29 is 0 Å². The Balaban J connectivity index is 0.790. The summed E-state index contributed by atoms with van der Waals surface area (Å²) in [7, 11) is 0. The Bertz CT molecular complexity index is 5780. The quantitative estimate of drug-likeness (QED) is 0.152. The van der Waals surface area contributed by atoms with E-state index in [0.29, 0.717) is 5.95 Å². The van der Waals surface area contributed by atoms with Gasteiger partial charge >= 0.3 is 0 Å². The maximum atomic E-state index is 5.61. The van der Waals surface area contributed by atoms with Gasteiger partial charge in [-0.3, -0.25) is 4.57 Å². The molecule has 6 nitrogen and oxygen atoms in total. The smallest absolute Gasteiger partial charge is 0.235 e. The number of benzene rings is 13. The van der Waals surface area contributed by atoms with Crippen molar-refractivity contribution in [3.63, 3.8) is 0 Å². The number of para-hydroxylation sites is 6. The van der Waals surface area contributed by atoms with Crippen LogP contribution in [-0.4, -0.2) is 28.2 Å². The van der Waals surface area contributed by atoms with Crippen molar-refractivity contribution >= 4 is 98.0 Å². The SMILES string of the molecule is c1ccc(-n2c3ccccc3c3cc(-c4ccc5c(c4)c4ccccc4n5-c4nc(-c5cccc(-n6c7ccccc7c7ccc(-c8ccc9c(c8)c8ccccc8n9-c8ccccc8)cc76)c5)cc(-c5ccc6ccccc6c5)n4)ccc32)cc1. The number of rotatable bonds is 8. The Kier molecular flexibility index (Phi) is 10.6. The van der Waals surface area contributed by atoms with Crippen LogP contribution in [0.2, 0.25) is 0 Å². The standard InChI is InChI=1S/C80H50N6/c1-3-21-59(22-4-1)83-73-31-14-10-27-63(73)67-46-53(37-41-76(67)83)54-39-43-78-69(47-54)65-29-12-16-33-75(65)86(78)80-81-70(50-71(82-80)58-35-34-51-18-7-8-19-52(51)44-58)57-20-17-25-61(45-57)85-72-30-13-9-26-62(72)66-40-36-56(49-79(66)85)55-38-42-77-68(48-55)64-28-11-15-32-74(64)84(77)60-23-5-2-6-24-60/h1-50H. The molecule has 5 aromatic heterocycles. The molecule has 18 rings (SSSR count). The monoisotopic (exact) mass is 1090 g/mol. The molecule has 0 saturated heterocycles. The van der Waals surface area contributed by atoms with Crippen LogP contribution in [0.4, 0.5) is 0 Å². The van der Waals surface area contributed by atoms with E-state index >= 15 is 0 Å². The van der Waals surface area contributed by atoms with Crippen LogP contribution in [-0.2, 0) is 0 Å². The molecule has 0 spiro atoms. The molecule has 86 heavy (non-hydrogen) atoms. The third-order valence-electron chi connectivity index (χ3n) is 17.7. The summed E-state index contributed by atoms with van der Waals surface area (Å²) in [6, 6.07) is 110. The van der Waals surface area contributed by atoms with Gasteiger partial charge in [0.15, 0.2) is 0 Å². The third-order valence-corrected chi connectivity index (χ3v) is 17.7. The van der Waals surface area contributed by atoms with Crippen molar-refractivity contribution in [2.45, 2.75) is 0 Å². The van der Waals surface area contributed by atoms with E-state index in [1.165, 1.54) is 65.3 Å². The van der Waals surface area contributed by atoms with Gasteiger partial charge in [0.25, 0.3) is 0 Å². The van der Waals surface area contributed by atoms with Crippen LogP contribution in [0.25, 0.3) is 166 Å². The van der Waals surface area contributed by atoms with Crippen molar-refractivity contribution in [2.24, 2.45) is 0 Å². The summed E-state index contributed by atoms with van der Waals surface area (Å²) in [5.74, 6) is 0.607. The number of aromatic nitrogens is 6. The molecule has 5 heterocycles. The summed E-state index contributed by atoms with van der Waals surface area (Å²) in [5, 5.41) is 11.9. The van der Waals surface area contributed by atoms with E-state index < -0.39 is 0 Å². The topological polar surface area (TPSA) is 45.5 Å². The van der Waals surface area contributed by atoms with E-state index in [1.807, 2.05) is 0 Å². The van der Waals surface area contributed by atoms with Crippen LogP contribution in [0, 0.1) is 0 Å². The number of nitrogens with zero attached hydrogens (tertiary/aromatic N) is 6. The minimum atomic E-state index is 0.607. The van der Waals surface area contributed by atoms with Crippen LogP contribution in [0.5, 0.6) is 0 Å². The molecule has 6 heteroatoms. The Morgan fingerprint density at radius 2 is 0.558 bits per heavy atom. The number of fused-ring (bicyclic) bond motifs is 13. The second-order valence-corrected chi connectivity index (χ2v) is 22.6. The van der Waals surface area contributed by atoms with Crippen LogP contribution < -0.4 is 0 Å². The average molecular weight is 1100 g/mol. The van der Waals surface area contributed by atoms with Crippen molar-refractivity contribution in [3.8, 4) is 67.8 Å². The van der Waals surface area contributed by atoms with Gasteiger partial charge in [-0.25, -0.2) is 9.97 Å². The first-order valence-electron chi connectivity index (χ1n) is 29.4. The van der Waals surface area contributed by atoms with Crippen molar-refractivity contribution in [1.82, 2.24) is 28.2 Å². The van der Waals surface area contributed by atoms with Gasteiger partial charge in [0.1, 0.15) is 0 Å². The van der Waals surface area contributed by atoms with Crippen molar-refractivity contribution in [1.29, 1.82) is 0 Å². The van der Waals surface area contributed by atoms with Gasteiger partial charge in [0, 0.05) is 71.3 Å². The predicted molar refractivity (Wildman–Crippen MR) is 359 cm³/mol. The summed E-state index contributed by atoms with van der Waals surface area (Å²) < 4.78 is 9.43. The zero-order valence-corrected chi connectivity index (χ0v) is 46.6. The van der Waals surface area contributed by atoms with Crippen molar-refractivity contribution in [2.75, 3.05) is 0 Å². The Morgan fingerprint density at radius 3 is 1.10 bits per heavy atom. The maximum Gasteiger partial charge on any atom is 0.235 e. The van der Waals surface area contributed by atoms with Crippen LogP contribution in [0.15, 0.2) is 303 Å². The molecule has 0 aliphatic rings. The van der Waals surface area contributed by atoms with Gasteiger partial charge < -0.3 is 13.7 Å². The van der Waals surface area contributed by atoms with E-state index in [0.717, 1.165) is 94.5 Å². The minimum Gasteiger partial charge on any atom is -0.309 e. The summed E-state index contributed by atoms with van der Waals surface area (Å²) >= 11 is 0. The van der Waals surface area contributed by atoms with Gasteiger partial charge in [-0.05, 0) is 148 Å². The largest absolute Gasteiger partial charge is 0.309 e. The van der Waals surface area contributed by atoms with E-state index in [2.05, 4.69) is 322 Å². The van der Waals surface area contributed by atoms with E-state index in [-0.39, 0.29) is 0 Å². The predicted octanol–water partition coefficient (Wildman–Crippen LogP) is 20.7. The molecule has 400 valence electrons. The summed E-state index contributed by atoms with van der Waals surface area (Å²) in [5.41, 5.74) is 20.8. The van der Waals surface area contributed by atoms with Crippen LogP contribution in [0.3, 0.4) is 0 Å². The average Bonchev–Trinajstić information content (AvgIpc) is 3.39. The van der Waals surface area contributed by atoms with Gasteiger partial charge in [-0.15, -0.1) is 0 Å². The molecule has 18 aromatic rings. The van der Waals surface area contributed by atoms with E-state index in [9.17, 15) is 0 Å². The molecule has 13 aromatic carbocycles. The Hall–Kier alpha value is -11.6. The molecular formula is C80H50N6. The number of hydrogen-bond donors (Lipinski definition) is 0. The molecule has 0 amide bonds. The zero-order chi connectivity index (χ0) is 56.4. The number of hydrogen-bond acceptors (Lipinski definition) is 2. The van der Waals surface area contributed by atoms with Crippen LogP contribution >= 0.6 is 0 Å². The molecule has 0 bridgehead atoms. The van der Waals surface area contributed by atoms with Crippen molar-refractivity contribution in [3.05, 3.63) is 303 Å². The molecule has 0 aliphatic heterocycles. The van der Waals surface area contributed by atoms with E-state index in [1.54, 1.807) is 0 Å². The lowest BCUT2D eigenvalue weighted by Gasteiger charge is -2.14. The van der Waals surface area contributed by atoms with Gasteiger partial charge in [0.2, 0.25) is 5.95 Å². The Labute approximate surface area is 494 Å². The molecule has 0 fully saturated rings. The lowest BCUT2D eigenvalue weighted by atomic mass is 10.0. The highest BCUT2D eigenvalue weighted by Gasteiger charge is 2.22. The second-order valence-electron chi connectivity index (χ2n) is 22.6. The highest BCUT2D eigenvalue weighted by Crippen LogP contribution is 2.42. The lowest BCUT2D eigenvalue weighted by molar-refractivity contribution is 0.995. The maximum absolute atomic E-state index is 5.61. The van der Waals surface area contributed by atoms with Gasteiger partial charge in [-0.2, -0.15) is 0 Å². The first-order valence-corrected chi connectivity index (χ1v) is 29.4. The lowest BCUT2D eigenvalue weighted by Crippen LogP contribution is -2.04. The molecule has 0 N–H and O–H groups in total. The molecular weight excluding hydrogens is 1040 g/mol. The molecule has 0 aliphatic carbocycles. The second kappa shape index (κ2) is 19.0. The fourth-order valence-corrected chi connectivity index (χ4v) is 13.8. The van der Waals surface area contributed by atoms with Gasteiger partial charge in [-0.1, -0.05) is 188 Å². The van der Waals surface area contributed by atoms with Crippen LogP contribution in [0.1, 0.15) is 0 Å². The summed E-state index contributed by atoms with van der Waals surface area (Å²) in [6.45, 7) is 0. The van der Waals surface area contributed by atoms with Gasteiger partial charge in [0.05, 0.1) is 55.5 Å². The fraction of sp³-hybridized carbons (Fsp3) is 0. The normalized spacial score (nSPS) is 12.0. The highest BCUT2D eigenvalue weighted by molar-refractivity contribution is 6.15.